The Morgan fingerprint density at radius 3 is 2.12 bits per heavy atom. The summed E-state index contributed by atoms with van der Waals surface area (Å²) < 4.78 is 32.3. The Morgan fingerprint density at radius 1 is 1.00 bits per heavy atom. The van der Waals surface area contributed by atoms with Crippen LogP contribution in [0.5, 0.6) is 5.75 Å². The number of hydrogen-bond donors (Lipinski definition) is 1. The predicted octanol–water partition coefficient (Wildman–Crippen LogP) is 5.12. The van der Waals surface area contributed by atoms with Gasteiger partial charge in [0, 0.05) is 17.5 Å². The fraction of sp³-hybridized carbons (Fsp3) is 0.240. The van der Waals surface area contributed by atoms with Crippen molar-refractivity contribution in [3.8, 4) is 5.75 Å². The van der Waals surface area contributed by atoms with Crippen LogP contribution in [0.2, 0.25) is 0 Å². The number of methoxy groups -OCH3 is 1. The molecular weight excluding hydrogens is 456 g/mol. The summed E-state index contributed by atoms with van der Waals surface area (Å²) in [5.74, 6) is 0.539. The molecule has 1 amide bonds. The lowest BCUT2D eigenvalue weighted by molar-refractivity contribution is 0.0935. The molecule has 1 atom stereocenters. The van der Waals surface area contributed by atoms with E-state index in [9.17, 15) is 13.2 Å². The van der Waals surface area contributed by atoms with Crippen molar-refractivity contribution in [2.24, 2.45) is 0 Å². The van der Waals surface area contributed by atoms with Crippen LogP contribution in [0, 0.1) is 0 Å². The highest BCUT2D eigenvalue weighted by molar-refractivity contribution is 7.98. The second kappa shape index (κ2) is 10.8. The quantitative estimate of drug-likeness (QED) is 0.427. The van der Waals surface area contributed by atoms with E-state index in [1.165, 1.54) is 11.4 Å². The van der Waals surface area contributed by atoms with E-state index in [4.69, 9.17) is 4.74 Å². The van der Waals surface area contributed by atoms with Crippen molar-refractivity contribution in [2.45, 2.75) is 29.2 Å². The molecule has 1 N–H and O–H groups in total. The molecule has 33 heavy (non-hydrogen) atoms. The summed E-state index contributed by atoms with van der Waals surface area (Å²) in [6, 6.07) is 20.8. The molecule has 0 unspecified atom stereocenters. The molecule has 0 spiro atoms. The number of hydrogen-bond acceptors (Lipinski definition) is 5. The maximum absolute atomic E-state index is 13.0. The molecule has 0 aromatic heterocycles. The van der Waals surface area contributed by atoms with Crippen molar-refractivity contribution in [2.75, 3.05) is 24.7 Å². The standard InChI is InChI=1S/C25H28N2O4S2/c1-5-24(18-8-12-21(31-3)13-9-18)26-25(28)19-6-10-20(11-7-19)27(2)33(29,30)23-16-14-22(32-4)15-17-23/h6-17,24H,5H2,1-4H3,(H,26,28)/t24-/m0/s1. The minimum Gasteiger partial charge on any atom is -0.497 e. The Morgan fingerprint density at radius 2 is 1.61 bits per heavy atom. The van der Waals surface area contributed by atoms with E-state index in [1.54, 1.807) is 67.4 Å². The number of ether oxygens (including phenoxy) is 1. The molecule has 6 nitrogen and oxygen atoms in total. The number of thioether (sulfide) groups is 1. The molecular formula is C25H28N2O4S2. The number of nitrogens with zero attached hydrogens (tertiary/aromatic N) is 1. The van der Waals surface area contributed by atoms with Gasteiger partial charge in [-0.15, -0.1) is 11.8 Å². The monoisotopic (exact) mass is 484 g/mol. The molecule has 0 radical (unpaired) electrons. The van der Waals surface area contributed by atoms with Crippen LogP contribution in [0.4, 0.5) is 5.69 Å². The Labute approximate surface area is 200 Å². The molecule has 3 aromatic rings. The van der Waals surface area contributed by atoms with Gasteiger partial charge in [-0.1, -0.05) is 19.1 Å². The van der Waals surface area contributed by atoms with Crippen molar-refractivity contribution in [3.05, 3.63) is 83.9 Å². The lowest BCUT2D eigenvalue weighted by Crippen LogP contribution is -2.28. The Bertz CT molecular complexity index is 1180. The third-order valence-electron chi connectivity index (χ3n) is 5.44. The molecule has 0 aliphatic rings. The fourth-order valence-electron chi connectivity index (χ4n) is 3.37. The highest BCUT2D eigenvalue weighted by Gasteiger charge is 2.22. The largest absolute Gasteiger partial charge is 0.497 e. The number of carbonyl (C=O) groups excluding carboxylic acids is 1. The molecule has 0 fully saturated rings. The summed E-state index contributed by atoms with van der Waals surface area (Å²) in [6.07, 6.45) is 2.67. The van der Waals surface area contributed by atoms with E-state index in [1.807, 2.05) is 37.4 Å². The molecule has 0 aliphatic carbocycles. The number of rotatable bonds is 9. The lowest BCUT2D eigenvalue weighted by atomic mass is 10.0. The molecule has 0 saturated heterocycles. The molecule has 3 rings (SSSR count). The van der Waals surface area contributed by atoms with Crippen molar-refractivity contribution in [1.29, 1.82) is 0 Å². The summed E-state index contributed by atoms with van der Waals surface area (Å²) in [5.41, 5.74) is 1.92. The van der Waals surface area contributed by atoms with Crippen LogP contribution in [0.1, 0.15) is 35.3 Å². The first-order valence-corrected chi connectivity index (χ1v) is 13.1. The molecule has 0 aliphatic heterocycles. The van der Waals surface area contributed by atoms with E-state index in [2.05, 4.69) is 5.32 Å². The Kier molecular flexibility index (Phi) is 8.05. The van der Waals surface area contributed by atoms with Crippen LogP contribution in [0.3, 0.4) is 0 Å². The van der Waals surface area contributed by atoms with Gasteiger partial charge in [0.15, 0.2) is 0 Å². The average Bonchev–Trinajstić information content (AvgIpc) is 2.86. The highest BCUT2D eigenvalue weighted by Crippen LogP contribution is 2.25. The predicted molar refractivity (Wildman–Crippen MR) is 134 cm³/mol. The number of benzene rings is 3. The van der Waals surface area contributed by atoms with Gasteiger partial charge in [0.05, 0.1) is 23.7 Å². The topological polar surface area (TPSA) is 75.7 Å². The van der Waals surface area contributed by atoms with Crippen LogP contribution in [-0.2, 0) is 10.0 Å². The number of carbonyl (C=O) groups is 1. The Hall–Kier alpha value is -2.97. The fourth-order valence-corrected chi connectivity index (χ4v) is 4.97. The van der Waals surface area contributed by atoms with E-state index in [0.29, 0.717) is 11.3 Å². The minimum absolute atomic E-state index is 0.143. The van der Waals surface area contributed by atoms with Crippen LogP contribution in [-0.4, -0.2) is 34.7 Å². The van der Waals surface area contributed by atoms with Gasteiger partial charge in [0.1, 0.15) is 5.75 Å². The minimum atomic E-state index is -3.70. The molecule has 0 saturated carbocycles. The number of anilines is 1. The normalized spacial score (nSPS) is 12.1. The summed E-state index contributed by atoms with van der Waals surface area (Å²) in [4.78, 5) is 14.0. The van der Waals surface area contributed by atoms with Gasteiger partial charge in [-0.2, -0.15) is 0 Å². The number of amides is 1. The van der Waals surface area contributed by atoms with Crippen LogP contribution in [0.15, 0.2) is 82.6 Å². The van der Waals surface area contributed by atoms with E-state index in [-0.39, 0.29) is 16.8 Å². The first-order valence-electron chi connectivity index (χ1n) is 10.5. The summed E-state index contributed by atoms with van der Waals surface area (Å²) in [5, 5.41) is 3.04. The van der Waals surface area contributed by atoms with Gasteiger partial charge in [0.2, 0.25) is 0 Å². The van der Waals surface area contributed by atoms with Gasteiger partial charge < -0.3 is 10.1 Å². The number of sulfonamides is 1. The SMILES string of the molecule is CC[C@H](NC(=O)c1ccc(N(C)S(=O)(=O)c2ccc(SC)cc2)cc1)c1ccc(OC)cc1. The van der Waals surface area contributed by atoms with Crippen molar-refractivity contribution in [1.82, 2.24) is 5.32 Å². The van der Waals surface area contributed by atoms with E-state index >= 15 is 0 Å². The van der Waals surface area contributed by atoms with Crippen LogP contribution in [0.25, 0.3) is 0 Å². The van der Waals surface area contributed by atoms with Crippen LogP contribution < -0.4 is 14.4 Å². The van der Waals surface area contributed by atoms with E-state index < -0.39 is 10.0 Å². The smallest absolute Gasteiger partial charge is 0.264 e. The lowest BCUT2D eigenvalue weighted by Gasteiger charge is -2.21. The summed E-state index contributed by atoms with van der Waals surface area (Å²) >= 11 is 1.55. The second-order valence-electron chi connectivity index (χ2n) is 7.40. The number of nitrogens with one attached hydrogen (secondary N) is 1. The van der Waals surface area contributed by atoms with Crippen molar-refractivity contribution >= 4 is 33.4 Å². The van der Waals surface area contributed by atoms with E-state index in [0.717, 1.165) is 22.6 Å². The zero-order valence-electron chi connectivity index (χ0n) is 19.1. The molecule has 0 bridgehead atoms. The molecule has 8 heteroatoms. The first kappa shape index (κ1) is 24.7. The zero-order chi connectivity index (χ0) is 24.0. The summed E-state index contributed by atoms with van der Waals surface area (Å²) in [6.45, 7) is 2.00. The first-order chi connectivity index (χ1) is 15.8. The third-order valence-corrected chi connectivity index (χ3v) is 7.99. The maximum atomic E-state index is 13.0. The Balaban J connectivity index is 1.73. The molecule has 174 valence electrons. The maximum Gasteiger partial charge on any atom is 0.264 e. The van der Waals surface area contributed by atoms with Crippen LogP contribution >= 0.6 is 11.8 Å². The van der Waals surface area contributed by atoms with Crippen molar-refractivity contribution < 1.29 is 17.9 Å². The van der Waals surface area contributed by atoms with Gasteiger partial charge in [-0.25, -0.2) is 8.42 Å². The van der Waals surface area contributed by atoms with Gasteiger partial charge >= 0.3 is 0 Å². The van der Waals surface area contributed by atoms with Gasteiger partial charge in [-0.05, 0) is 78.9 Å². The van der Waals surface area contributed by atoms with Gasteiger partial charge in [-0.3, -0.25) is 9.10 Å². The third kappa shape index (κ3) is 5.69. The second-order valence-corrected chi connectivity index (χ2v) is 10.3. The van der Waals surface area contributed by atoms with Gasteiger partial charge in [0.25, 0.3) is 15.9 Å². The van der Waals surface area contributed by atoms with Crippen molar-refractivity contribution in [3.63, 3.8) is 0 Å². The average molecular weight is 485 g/mol. The molecule has 0 heterocycles. The molecule has 3 aromatic carbocycles. The summed E-state index contributed by atoms with van der Waals surface area (Å²) in [7, 11) is -0.585. The highest BCUT2D eigenvalue weighted by atomic mass is 32.2. The zero-order valence-corrected chi connectivity index (χ0v) is 20.7.